The summed E-state index contributed by atoms with van der Waals surface area (Å²) in [4.78, 5) is 9.56. The molecule has 162 valence electrons. The highest BCUT2D eigenvalue weighted by molar-refractivity contribution is 7.89. The Balaban J connectivity index is 1.61. The maximum atomic E-state index is 12.9. The molecule has 1 heterocycles. The third-order valence-electron chi connectivity index (χ3n) is 4.14. The van der Waals surface area contributed by atoms with Gasteiger partial charge >= 0.3 is 0 Å². The van der Waals surface area contributed by atoms with Gasteiger partial charge in [-0.25, -0.2) is 22.1 Å². The van der Waals surface area contributed by atoms with Gasteiger partial charge in [0.2, 0.25) is 15.9 Å². The van der Waals surface area contributed by atoms with Gasteiger partial charge in [-0.2, -0.15) is 0 Å². The van der Waals surface area contributed by atoms with Gasteiger partial charge in [0.05, 0.1) is 4.90 Å². The lowest BCUT2D eigenvalue weighted by Crippen LogP contribution is -2.22. The van der Waals surface area contributed by atoms with Crippen molar-refractivity contribution < 1.29 is 22.4 Å². The van der Waals surface area contributed by atoms with Crippen LogP contribution in [0.4, 0.5) is 4.39 Å². The largest absolute Gasteiger partial charge is 0.439 e. The van der Waals surface area contributed by atoms with Crippen molar-refractivity contribution in [3.63, 3.8) is 0 Å². The molecule has 10 heteroatoms. The van der Waals surface area contributed by atoms with E-state index in [0.29, 0.717) is 22.8 Å². The molecule has 0 aliphatic heterocycles. The molecule has 0 bridgehead atoms. The van der Waals surface area contributed by atoms with Crippen LogP contribution in [0.1, 0.15) is 11.1 Å². The minimum atomic E-state index is -3.53. The van der Waals surface area contributed by atoms with Crippen LogP contribution in [-0.4, -0.2) is 37.6 Å². The minimum absolute atomic E-state index is 0.0384. The first-order chi connectivity index (χ1) is 14.8. The monoisotopic (exact) mass is 444 g/mol. The number of nitrogens with zero attached hydrogens (tertiary/aromatic N) is 3. The second kappa shape index (κ2) is 9.54. The molecule has 3 aromatic rings. The number of rotatable bonds is 8. The fourth-order valence-electron chi connectivity index (χ4n) is 2.45. The molecule has 0 atom stereocenters. The Morgan fingerprint density at radius 1 is 1.13 bits per heavy atom. The summed E-state index contributed by atoms with van der Waals surface area (Å²) in [5, 5.41) is 3.85. The van der Waals surface area contributed by atoms with Gasteiger partial charge in [-0.3, -0.25) is 0 Å². The number of nitrogens with two attached hydrogens (primary N) is 1. The molecule has 0 saturated heterocycles. The fourth-order valence-corrected chi connectivity index (χ4v) is 3.42. The van der Waals surface area contributed by atoms with E-state index in [1.165, 1.54) is 56.7 Å². The molecule has 8 nitrogen and oxygen atoms in total. The molecular formula is C21H21FN4O4S. The van der Waals surface area contributed by atoms with Gasteiger partial charge in [0.15, 0.2) is 5.84 Å². The van der Waals surface area contributed by atoms with Crippen LogP contribution in [0.2, 0.25) is 0 Å². The summed E-state index contributed by atoms with van der Waals surface area (Å²) in [6.07, 6.45) is 1.46. The first-order valence-corrected chi connectivity index (χ1v) is 10.6. The molecule has 2 N–H and O–H groups in total. The van der Waals surface area contributed by atoms with Crippen LogP contribution < -0.4 is 10.5 Å². The Hall–Kier alpha value is -3.50. The van der Waals surface area contributed by atoms with E-state index in [2.05, 4.69) is 10.1 Å². The van der Waals surface area contributed by atoms with Crippen molar-refractivity contribution in [3.05, 3.63) is 83.8 Å². The van der Waals surface area contributed by atoms with Crippen LogP contribution in [0, 0.1) is 5.82 Å². The number of benzene rings is 2. The first-order valence-electron chi connectivity index (χ1n) is 9.12. The Morgan fingerprint density at radius 2 is 1.87 bits per heavy atom. The summed E-state index contributed by atoms with van der Waals surface area (Å²) in [7, 11) is -0.603. The van der Waals surface area contributed by atoms with Crippen LogP contribution in [0.3, 0.4) is 0 Å². The number of pyridine rings is 1. The van der Waals surface area contributed by atoms with E-state index < -0.39 is 10.0 Å². The van der Waals surface area contributed by atoms with Crippen molar-refractivity contribution >= 4 is 15.9 Å². The molecule has 0 spiro atoms. The number of amidine groups is 1. The van der Waals surface area contributed by atoms with Gasteiger partial charge in [0.1, 0.15) is 18.2 Å². The summed E-state index contributed by atoms with van der Waals surface area (Å²) in [5.74, 6) is 0.497. The van der Waals surface area contributed by atoms with Gasteiger partial charge in [0, 0.05) is 31.9 Å². The van der Waals surface area contributed by atoms with Crippen molar-refractivity contribution in [2.24, 2.45) is 10.9 Å². The maximum Gasteiger partial charge on any atom is 0.242 e. The van der Waals surface area contributed by atoms with Crippen LogP contribution in [0.5, 0.6) is 11.6 Å². The zero-order valence-electron chi connectivity index (χ0n) is 16.9. The molecule has 2 aromatic carbocycles. The molecule has 0 fully saturated rings. The summed E-state index contributed by atoms with van der Waals surface area (Å²) in [5.41, 5.74) is 7.05. The number of sulfonamides is 1. The highest BCUT2D eigenvalue weighted by atomic mass is 32.2. The van der Waals surface area contributed by atoms with E-state index in [1.54, 1.807) is 24.3 Å². The Labute approximate surface area is 179 Å². The number of ether oxygens (including phenoxy) is 1. The van der Waals surface area contributed by atoms with Crippen LogP contribution in [-0.2, 0) is 21.5 Å². The van der Waals surface area contributed by atoms with E-state index in [-0.39, 0.29) is 23.2 Å². The number of hydrogen-bond donors (Lipinski definition) is 1. The first kappa shape index (κ1) is 22.2. The standard InChI is InChI=1S/C21H21FN4O4S/c1-26(2)31(27,28)19-5-3-4-15(12-19)14-29-25-21(23)16-6-11-20(24-13-16)30-18-9-7-17(22)8-10-18/h3-13H,14H2,1-2H3,(H2,23,25). The Morgan fingerprint density at radius 3 is 2.52 bits per heavy atom. The smallest absolute Gasteiger partial charge is 0.242 e. The van der Waals surface area contributed by atoms with E-state index in [4.69, 9.17) is 15.3 Å². The molecule has 0 aliphatic rings. The predicted octanol–water partition coefficient (Wildman–Crippen LogP) is 3.10. The molecule has 0 amide bonds. The molecule has 31 heavy (non-hydrogen) atoms. The van der Waals surface area contributed by atoms with E-state index in [1.807, 2.05) is 0 Å². The van der Waals surface area contributed by atoms with Gasteiger partial charge in [-0.15, -0.1) is 0 Å². The number of hydrogen-bond acceptors (Lipinski definition) is 6. The molecule has 0 radical (unpaired) electrons. The third kappa shape index (κ3) is 5.77. The highest BCUT2D eigenvalue weighted by Crippen LogP contribution is 2.20. The fraction of sp³-hybridized carbons (Fsp3) is 0.143. The molecule has 0 unspecified atom stereocenters. The zero-order chi connectivity index (χ0) is 22.4. The summed E-state index contributed by atoms with van der Waals surface area (Å²) in [6.45, 7) is 0.0384. The summed E-state index contributed by atoms with van der Waals surface area (Å²) < 4.78 is 44.0. The average Bonchev–Trinajstić information content (AvgIpc) is 2.76. The second-order valence-corrected chi connectivity index (χ2v) is 8.78. The van der Waals surface area contributed by atoms with E-state index >= 15 is 0 Å². The van der Waals surface area contributed by atoms with Crippen molar-refractivity contribution in [1.82, 2.24) is 9.29 Å². The zero-order valence-corrected chi connectivity index (χ0v) is 17.7. The predicted molar refractivity (Wildman–Crippen MR) is 114 cm³/mol. The lowest BCUT2D eigenvalue weighted by atomic mass is 10.2. The van der Waals surface area contributed by atoms with Gasteiger partial charge in [0.25, 0.3) is 0 Å². The maximum absolute atomic E-state index is 12.9. The van der Waals surface area contributed by atoms with Gasteiger partial charge in [-0.05, 0) is 48.0 Å². The third-order valence-corrected chi connectivity index (χ3v) is 5.95. The normalized spacial score (nSPS) is 12.1. The van der Waals surface area contributed by atoms with E-state index in [0.717, 1.165) is 4.31 Å². The lowest BCUT2D eigenvalue weighted by Gasteiger charge is -2.12. The summed E-state index contributed by atoms with van der Waals surface area (Å²) >= 11 is 0. The van der Waals surface area contributed by atoms with Gasteiger partial charge < -0.3 is 15.3 Å². The quantitative estimate of drug-likeness (QED) is 0.325. The molecule has 0 saturated carbocycles. The SMILES string of the molecule is CN(C)S(=O)(=O)c1cccc(CO/N=C(/N)c2ccc(Oc3ccc(F)cc3)nc2)c1. The molecule has 3 rings (SSSR count). The second-order valence-electron chi connectivity index (χ2n) is 6.63. The number of oxime groups is 1. The summed E-state index contributed by atoms with van der Waals surface area (Å²) in [6, 6.07) is 15.2. The van der Waals surface area contributed by atoms with Gasteiger partial charge in [-0.1, -0.05) is 17.3 Å². The molecular weight excluding hydrogens is 423 g/mol. The van der Waals surface area contributed by atoms with E-state index in [9.17, 15) is 12.8 Å². The average molecular weight is 444 g/mol. The number of aromatic nitrogens is 1. The lowest BCUT2D eigenvalue weighted by molar-refractivity contribution is 0.130. The van der Waals surface area contributed by atoms with Crippen LogP contribution in [0.25, 0.3) is 0 Å². The van der Waals surface area contributed by atoms with Crippen molar-refractivity contribution in [2.75, 3.05) is 14.1 Å². The van der Waals surface area contributed by atoms with Crippen LogP contribution in [0.15, 0.2) is 76.9 Å². The van der Waals surface area contributed by atoms with Crippen molar-refractivity contribution in [1.29, 1.82) is 0 Å². The molecule has 1 aromatic heterocycles. The molecule has 0 aliphatic carbocycles. The Kier molecular flexibility index (Phi) is 6.83. The Bertz CT molecular complexity index is 1160. The van der Waals surface area contributed by atoms with Crippen molar-refractivity contribution in [3.8, 4) is 11.6 Å². The van der Waals surface area contributed by atoms with Crippen molar-refractivity contribution in [2.45, 2.75) is 11.5 Å². The number of halogens is 1. The minimum Gasteiger partial charge on any atom is -0.439 e. The van der Waals surface area contributed by atoms with Crippen LogP contribution >= 0.6 is 0 Å². The topological polar surface area (TPSA) is 107 Å². The highest BCUT2D eigenvalue weighted by Gasteiger charge is 2.17.